The molecule has 12 bridgehead atoms. The van der Waals surface area contributed by atoms with Crippen molar-refractivity contribution in [2.24, 2.45) is 0 Å². The van der Waals surface area contributed by atoms with Crippen molar-refractivity contribution in [1.29, 1.82) is 0 Å². The van der Waals surface area contributed by atoms with Crippen molar-refractivity contribution in [1.82, 2.24) is 15.3 Å². The molecule has 9 aromatic rings. The van der Waals surface area contributed by atoms with Crippen LogP contribution >= 0.6 is 0 Å². The second-order valence-electron chi connectivity index (χ2n) is 33.0. The first-order chi connectivity index (χ1) is 45.3. The molecule has 0 saturated carbocycles. The number of methoxy groups -OCH3 is 3. The summed E-state index contributed by atoms with van der Waals surface area (Å²) in [5, 5.41) is 33.4. The second-order valence-corrected chi connectivity index (χ2v) is 33.0. The molecule has 7 aromatic carbocycles. The van der Waals surface area contributed by atoms with Gasteiger partial charge in [-0.3, -0.25) is 19.6 Å². The summed E-state index contributed by atoms with van der Waals surface area (Å²) < 4.78 is 26.8. The molecule has 12 nitrogen and oxygen atoms in total. The van der Waals surface area contributed by atoms with Crippen LogP contribution in [0, 0.1) is 0 Å². The summed E-state index contributed by atoms with van der Waals surface area (Å²) in [6, 6.07) is 35.7. The van der Waals surface area contributed by atoms with Gasteiger partial charge in [-0.1, -0.05) is 203 Å². The average Bonchev–Trinajstić information content (AvgIpc) is 0.780. The van der Waals surface area contributed by atoms with Crippen LogP contribution in [0.3, 0.4) is 0 Å². The highest BCUT2D eigenvalue weighted by atomic mass is 16.5. The number of hydrogen-bond donors (Lipinski definition) is 4. The molecule has 2 heterocycles. The lowest BCUT2D eigenvalue weighted by atomic mass is 9.79. The van der Waals surface area contributed by atoms with Gasteiger partial charge in [0.2, 0.25) is 5.91 Å². The Bertz CT molecular complexity index is 4330. The lowest BCUT2D eigenvalue weighted by molar-refractivity contribution is -0.125. The molecular weight excluding hydrogens is 1200 g/mol. The third kappa shape index (κ3) is 15.6. The Kier molecular flexibility index (Phi) is 19.6. The molecule has 0 radical (unpaired) electrons. The van der Waals surface area contributed by atoms with Crippen LogP contribution in [0.1, 0.15) is 225 Å². The van der Waals surface area contributed by atoms with Crippen molar-refractivity contribution in [3.05, 3.63) is 216 Å². The number of ether oxygens (including phenoxy) is 4. The van der Waals surface area contributed by atoms with E-state index in [1.807, 2.05) is 30.3 Å². The molecule has 0 aliphatic heterocycles. The zero-order chi connectivity index (χ0) is 70.6. The number of amides is 2. The minimum Gasteiger partial charge on any atom is -0.507 e. The van der Waals surface area contributed by atoms with Crippen molar-refractivity contribution in [3.8, 4) is 34.5 Å². The van der Waals surface area contributed by atoms with Crippen molar-refractivity contribution >= 4 is 39.3 Å². The summed E-state index contributed by atoms with van der Waals surface area (Å²) in [5.41, 5.74) is 16.8. The molecule has 2 aromatic heterocycles. The molecule has 0 unspecified atom stereocenters. The summed E-state index contributed by atoms with van der Waals surface area (Å²) in [7, 11) is 5.16. The fourth-order valence-electron chi connectivity index (χ4n) is 13.4. The van der Waals surface area contributed by atoms with E-state index in [0.29, 0.717) is 72.7 Å². The highest BCUT2D eigenvalue weighted by Gasteiger charge is 2.31. The van der Waals surface area contributed by atoms with E-state index in [0.717, 1.165) is 116 Å². The first-order valence-electron chi connectivity index (χ1n) is 34.1. The van der Waals surface area contributed by atoms with Crippen molar-refractivity contribution in [3.63, 3.8) is 0 Å². The number of phenols is 2. The van der Waals surface area contributed by atoms with Crippen LogP contribution in [-0.2, 0) is 80.6 Å². The minimum absolute atomic E-state index is 0.205. The van der Waals surface area contributed by atoms with Gasteiger partial charge < -0.3 is 39.8 Å². The third-order valence-electron chi connectivity index (χ3n) is 19.1. The number of carbonyl (C=O) groups excluding carboxylic acids is 2. The number of fused-ring (bicyclic) bond motifs is 15. The average molecular weight is 1310 g/mol. The van der Waals surface area contributed by atoms with E-state index >= 15 is 0 Å². The number of hydrogen-bond acceptors (Lipinski definition) is 10. The summed E-state index contributed by atoms with van der Waals surface area (Å²) in [5.74, 6) is 2.11. The lowest BCUT2D eigenvalue weighted by Crippen LogP contribution is -2.36. The van der Waals surface area contributed by atoms with E-state index < -0.39 is 18.4 Å². The van der Waals surface area contributed by atoms with Gasteiger partial charge in [0, 0.05) is 61.7 Å². The largest absolute Gasteiger partial charge is 0.507 e. The van der Waals surface area contributed by atoms with Gasteiger partial charge in [0.05, 0.1) is 44.6 Å². The van der Waals surface area contributed by atoms with Crippen LogP contribution in [0.25, 0.3) is 21.8 Å². The van der Waals surface area contributed by atoms with Crippen molar-refractivity contribution in [2.75, 3.05) is 39.8 Å². The predicted octanol–water partition coefficient (Wildman–Crippen LogP) is 18.0. The number of carbonyl (C=O) groups is 2. The van der Waals surface area contributed by atoms with Crippen LogP contribution in [-0.4, -0.2) is 66.5 Å². The number of aromatic hydroxyl groups is 2. The number of nitrogens with one attached hydrogen (secondary N) is 2. The first kappa shape index (κ1) is 70.9. The van der Waals surface area contributed by atoms with E-state index in [4.69, 9.17) is 18.9 Å². The molecule has 0 spiro atoms. The van der Waals surface area contributed by atoms with Crippen LogP contribution in [0.2, 0.25) is 0 Å². The zero-order valence-corrected chi connectivity index (χ0v) is 61.4. The SMILES string of the molecule is COc1c2cc(C(C)(C)C)cc1Cc1cc(C(C)(C)C)cc(c1O)Cc1cc(C(C)(C)C)cc(c1OC)Cc1cc(C(C)(C)C)cc(c1OCC(=O)NCC(=O)Nc1cc3cccnc3c3ncccc13)Cc1cc(C(C)(C)C)cc(c1OC)Cc1cc(C(C)(C)C)cc(c1O)C2. The Morgan fingerprint density at radius 1 is 0.392 bits per heavy atom. The summed E-state index contributed by atoms with van der Waals surface area (Å²) >= 11 is 0. The predicted molar refractivity (Wildman–Crippen MR) is 395 cm³/mol. The molecule has 1 aliphatic rings. The maximum absolute atomic E-state index is 14.4. The fourth-order valence-corrected chi connectivity index (χ4v) is 13.4. The molecule has 10 rings (SSSR count). The van der Waals surface area contributed by atoms with Gasteiger partial charge in [-0.2, -0.15) is 0 Å². The number of aromatic nitrogens is 2. The number of nitrogens with zero attached hydrogens (tertiary/aromatic N) is 2. The molecule has 97 heavy (non-hydrogen) atoms. The first-order valence-corrected chi connectivity index (χ1v) is 34.1. The number of phenolic OH excluding ortho intramolecular Hbond substituents is 2. The number of benzene rings is 7. The lowest BCUT2D eigenvalue weighted by Gasteiger charge is -2.28. The quantitative estimate of drug-likeness (QED) is 0.102. The highest BCUT2D eigenvalue weighted by molar-refractivity contribution is 6.12. The molecule has 0 fully saturated rings. The molecule has 510 valence electrons. The summed E-state index contributed by atoms with van der Waals surface area (Å²) in [6.45, 7) is 39.1. The van der Waals surface area contributed by atoms with Crippen LogP contribution < -0.4 is 29.6 Å². The molecular formula is C85H102N4O8. The van der Waals surface area contributed by atoms with Gasteiger partial charge >= 0.3 is 0 Å². The van der Waals surface area contributed by atoms with Gasteiger partial charge in [0.25, 0.3) is 5.91 Å². The maximum atomic E-state index is 14.4. The summed E-state index contributed by atoms with van der Waals surface area (Å²) in [6.07, 6.45) is 5.54. The van der Waals surface area contributed by atoms with E-state index in [1.165, 1.54) is 0 Å². The second kappa shape index (κ2) is 26.8. The molecule has 12 heteroatoms. The number of anilines is 1. The Morgan fingerprint density at radius 2 is 0.680 bits per heavy atom. The Morgan fingerprint density at radius 3 is 1.00 bits per heavy atom. The van der Waals surface area contributed by atoms with Crippen molar-refractivity contribution in [2.45, 2.75) is 196 Å². The van der Waals surface area contributed by atoms with Crippen LogP contribution in [0.15, 0.2) is 116 Å². The molecule has 0 atom stereocenters. The Hall–Kier alpha value is -8.90. The fraction of sp³-hybridized carbons (Fsp3) is 0.412. The summed E-state index contributed by atoms with van der Waals surface area (Å²) in [4.78, 5) is 37.5. The molecule has 4 N–H and O–H groups in total. The Balaban J connectivity index is 1.19. The molecule has 2 amide bonds. The standard InChI is InChI=1S/C85H102N4O8/c1-80(2,3)62-34-50-28-54-38-64(82(7,8)9)39-55(76(54)94-19)29-51-35-63(81(4,5)6)37-53(75(51)93)31-57-41-66(84(13,14)15)43-59(78(57)96-21)33-61-45-67(85(16,17)18)44-60(32-58-42-65(83(10,11)12)40-56(77(58)95-20)30-52(36-62)74(50)92)79(61)97-48-71(91)88-47-70(90)89-69-46-49-24-22-26-86-72(49)73-68(69)25-23-27-87-73/h22-27,34-46,92-93H,28-33,47-48H2,1-21H3,(H,88,91)(H,89,90). The van der Waals surface area contributed by atoms with Gasteiger partial charge in [-0.15, -0.1) is 0 Å². The van der Waals surface area contributed by atoms with E-state index in [2.05, 4.69) is 218 Å². The number of rotatable bonds is 9. The number of pyridine rings is 2. The smallest absolute Gasteiger partial charge is 0.258 e. The topological polar surface area (TPSA) is 161 Å². The van der Waals surface area contributed by atoms with E-state index in [1.54, 1.807) is 33.7 Å². The Labute approximate surface area is 576 Å². The highest BCUT2D eigenvalue weighted by Crippen LogP contribution is 2.46. The normalized spacial score (nSPS) is 13.4. The maximum Gasteiger partial charge on any atom is 0.258 e. The van der Waals surface area contributed by atoms with Gasteiger partial charge in [-0.25, -0.2) is 0 Å². The van der Waals surface area contributed by atoms with E-state index in [-0.39, 0.29) is 50.5 Å². The van der Waals surface area contributed by atoms with Gasteiger partial charge in [0.1, 0.15) is 34.5 Å². The molecule has 0 saturated heterocycles. The minimum atomic E-state index is -0.487. The van der Waals surface area contributed by atoms with Crippen LogP contribution in [0.4, 0.5) is 5.69 Å². The monoisotopic (exact) mass is 1310 g/mol. The van der Waals surface area contributed by atoms with E-state index in [9.17, 15) is 19.8 Å². The van der Waals surface area contributed by atoms with Crippen molar-refractivity contribution < 1.29 is 38.7 Å². The van der Waals surface area contributed by atoms with Crippen LogP contribution in [0.5, 0.6) is 34.5 Å². The van der Waals surface area contributed by atoms with Gasteiger partial charge in [0.15, 0.2) is 6.61 Å². The third-order valence-corrected chi connectivity index (χ3v) is 19.1. The van der Waals surface area contributed by atoms with Gasteiger partial charge in [-0.05, 0) is 157 Å². The zero-order valence-electron chi connectivity index (χ0n) is 61.4. The molecule has 1 aliphatic carbocycles.